The molecule has 4 rings (SSSR count). The summed E-state index contributed by atoms with van der Waals surface area (Å²) in [6.07, 6.45) is -3.13. The van der Waals surface area contributed by atoms with Crippen LogP contribution >= 0.6 is 0 Å². The highest BCUT2D eigenvalue weighted by Gasteiger charge is 2.60. The van der Waals surface area contributed by atoms with E-state index in [2.05, 4.69) is 10.1 Å². The van der Waals surface area contributed by atoms with Gasteiger partial charge < -0.3 is 14.4 Å². The number of methoxy groups -OCH3 is 1. The van der Waals surface area contributed by atoms with Crippen LogP contribution in [0.4, 0.5) is 13.2 Å². The fraction of sp³-hybridized carbons (Fsp3) is 0.714. The molecular formula is C21H29F3N4O5. The van der Waals surface area contributed by atoms with Crippen LogP contribution in [0.15, 0.2) is 9.52 Å². The molecule has 9 nitrogen and oxygen atoms in total. The number of carboxylic acids is 1. The monoisotopic (exact) mass is 474 g/mol. The largest absolute Gasteiger partial charge is 0.490 e. The van der Waals surface area contributed by atoms with Crippen molar-refractivity contribution in [1.82, 2.24) is 15.0 Å². The quantitative estimate of drug-likeness (QED) is 0.698. The number of amides is 1. The lowest BCUT2D eigenvalue weighted by Crippen LogP contribution is -2.47. The number of aryl methyl sites for hydroxylation is 2. The second-order valence-corrected chi connectivity index (χ2v) is 8.74. The molecule has 1 aromatic rings. The van der Waals surface area contributed by atoms with Crippen LogP contribution in [0.25, 0.3) is 0 Å². The first-order valence-electron chi connectivity index (χ1n) is 10.7. The van der Waals surface area contributed by atoms with Crippen LogP contribution in [0.3, 0.4) is 0 Å². The highest BCUT2D eigenvalue weighted by molar-refractivity contribution is 6.07. The Morgan fingerprint density at radius 3 is 2.52 bits per heavy atom. The lowest BCUT2D eigenvalue weighted by Gasteiger charge is -2.28. The molecule has 1 amide bonds. The molecule has 1 aromatic heterocycles. The molecule has 0 radical (unpaired) electrons. The third-order valence-corrected chi connectivity index (χ3v) is 6.72. The number of hydrogen-bond acceptors (Lipinski definition) is 7. The molecule has 0 aromatic carbocycles. The van der Waals surface area contributed by atoms with Gasteiger partial charge in [-0.3, -0.25) is 19.6 Å². The number of aliphatic imine (C=N–C) groups is 1. The van der Waals surface area contributed by atoms with Crippen molar-refractivity contribution in [3.05, 3.63) is 17.0 Å². The minimum atomic E-state index is -5.08. The van der Waals surface area contributed by atoms with Gasteiger partial charge in [0.05, 0.1) is 18.8 Å². The van der Waals surface area contributed by atoms with E-state index >= 15 is 0 Å². The van der Waals surface area contributed by atoms with Crippen molar-refractivity contribution in [2.45, 2.75) is 51.9 Å². The zero-order valence-electron chi connectivity index (χ0n) is 19.1. The molecule has 1 N–H and O–H groups in total. The van der Waals surface area contributed by atoms with E-state index in [4.69, 9.17) is 24.2 Å². The highest BCUT2D eigenvalue weighted by Crippen LogP contribution is 2.50. The molecule has 2 fully saturated rings. The van der Waals surface area contributed by atoms with E-state index in [0.29, 0.717) is 25.0 Å². The number of aromatic nitrogens is 1. The van der Waals surface area contributed by atoms with Crippen molar-refractivity contribution in [1.29, 1.82) is 0 Å². The number of rotatable bonds is 5. The summed E-state index contributed by atoms with van der Waals surface area (Å²) in [4.78, 5) is 31.3. The van der Waals surface area contributed by atoms with Gasteiger partial charge in [-0.25, -0.2) is 4.79 Å². The van der Waals surface area contributed by atoms with E-state index in [9.17, 15) is 18.0 Å². The molecule has 184 valence electrons. The number of halogens is 3. The van der Waals surface area contributed by atoms with E-state index in [0.717, 1.165) is 49.8 Å². The maximum Gasteiger partial charge on any atom is 0.490 e. The van der Waals surface area contributed by atoms with E-state index in [-0.39, 0.29) is 5.91 Å². The van der Waals surface area contributed by atoms with Gasteiger partial charge in [-0.1, -0.05) is 5.16 Å². The van der Waals surface area contributed by atoms with Crippen molar-refractivity contribution in [3.8, 4) is 0 Å². The minimum absolute atomic E-state index is 0.179. The molecule has 12 heteroatoms. The van der Waals surface area contributed by atoms with Gasteiger partial charge in [-0.15, -0.1) is 0 Å². The first kappa shape index (κ1) is 25.2. The van der Waals surface area contributed by atoms with Crippen LogP contribution in [-0.4, -0.2) is 82.8 Å². The average Bonchev–Trinajstić information content (AvgIpc) is 3.43. The molecule has 0 unspecified atom stereocenters. The number of amidine groups is 1. The number of likely N-dealkylation sites (tertiary alicyclic amines) is 1. The van der Waals surface area contributed by atoms with Crippen LogP contribution in [0.2, 0.25) is 0 Å². The Bertz CT molecular complexity index is 912. The Morgan fingerprint density at radius 1 is 1.30 bits per heavy atom. The molecule has 3 heterocycles. The van der Waals surface area contributed by atoms with Crippen molar-refractivity contribution >= 4 is 17.7 Å². The second kappa shape index (κ2) is 9.41. The normalized spacial score (nSPS) is 27.1. The van der Waals surface area contributed by atoms with Gasteiger partial charge in [0, 0.05) is 38.2 Å². The topological polar surface area (TPSA) is 108 Å². The standard InChI is InChI=1S/C19H28N4O3.C2HF3O2/c1-12-16(13(2)26-21-12)10-22-9-15-5-6-19(17(15)11-22)18(24)23(7-8-25-4)14(3)20-19;3-2(4,5)1(6)7/h15,17H,5-11H2,1-4H3;(H,6,7)/t15-,17+,19-;/m1./s1. The number of hydrogen-bond donors (Lipinski definition) is 1. The number of fused-ring (bicyclic) bond motifs is 2. The summed E-state index contributed by atoms with van der Waals surface area (Å²) in [6, 6.07) is 0. The van der Waals surface area contributed by atoms with Crippen LogP contribution < -0.4 is 0 Å². The number of aliphatic carboxylic acids is 1. The lowest BCUT2D eigenvalue weighted by atomic mass is 9.85. The number of carboxylic acid groups (broad SMARTS) is 1. The summed E-state index contributed by atoms with van der Waals surface area (Å²) in [5.74, 6) is 0.00486. The first-order valence-corrected chi connectivity index (χ1v) is 10.7. The van der Waals surface area contributed by atoms with Gasteiger partial charge in [-0.05, 0) is 39.5 Å². The molecule has 3 aliphatic rings. The summed E-state index contributed by atoms with van der Waals surface area (Å²) in [6.45, 7) is 9.82. The van der Waals surface area contributed by atoms with Gasteiger partial charge in [0.1, 0.15) is 17.1 Å². The van der Waals surface area contributed by atoms with Crippen LogP contribution in [0, 0.1) is 25.7 Å². The van der Waals surface area contributed by atoms with Gasteiger partial charge in [0.15, 0.2) is 0 Å². The Balaban J connectivity index is 0.000000383. The zero-order valence-corrected chi connectivity index (χ0v) is 19.1. The number of ether oxygens (including phenoxy) is 1. The van der Waals surface area contributed by atoms with Gasteiger partial charge in [0.25, 0.3) is 5.91 Å². The van der Waals surface area contributed by atoms with Crippen molar-refractivity contribution in [2.24, 2.45) is 16.8 Å². The molecule has 33 heavy (non-hydrogen) atoms. The summed E-state index contributed by atoms with van der Waals surface area (Å²) in [5.41, 5.74) is 1.60. The van der Waals surface area contributed by atoms with Crippen molar-refractivity contribution < 1.29 is 37.1 Å². The summed E-state index contributed by atoms with van der Waals surface area (Å²) in [5, 5.41) is 11.2. The third kappa shape index (κ3) is 4.91. The fourth-order valence-electron chi connectivity index (χ4n) is 5.09. The Labute approximate surface area is 189 Å². The number of carbonyl (C=O) groups is 2. The SMILES string of the molecule is COCCN1C(=O)[C@]2(CC[C@@H]3CN(Cc4c(C)noc4C)C[C@@H]32)N=C1C.O=C(O)C(F)(F)F. The Hall–Kier alpha value is -2.47. The molecule has 3 atom stereocenters. The molecule has 1 spiro atoms. The average molecular weight is 474 g/mol. The Kier molecular flexibility index (Phi) is 7.18. The Morgan fingerprint density at radius 2 is 1.97 bits per heavy atom. The maximum absolute atomic E-state index is 13.2. The number of nitrogens with zero attached hydrogens (tertiary/aromatic N) is 4. The first-order chi connectivity index (χ1) is 15.4. The molecule has 2 aliphatic heterocycles. The zero-order chi connectivity index (χ0) is 24.6. The van der Waals surface area contributed by atoms with Crippen LogP contribution in [0.1, 0.15) is 36.8 Å². The van der Waals surface area contributed by atoms with E-state index < -0.39 is 17.7 Å². The third-order valence-electron chi connectivity index (χ3n) is 6.72. The van der Waals surface area contributed by atoms with E-state index in [1.165, 1.54) is 5.56 Å². The molecular weight excluding hydrogens is 445 g/mol. The number of carbonyl (C=O) groups excluding carboxylic acids is 1. The number of alkyl halides is 3. The molecule has 1 aliphatic carbocycles. The summed E-state index contributed by atoms with van der Waals surface area (Å²) < 4.78 is 42.2. The van der Waals surface area contributed by atoms with E-state index in [1.54, 1.807) is 7.11 Å². The minimum Gasteiger partial charge on any atom is -0.475 e. The van der Waals surface area contributed by atoms with Crippen molar-refractivity contribution in [3.63, 3.8) is 0 Å². The van der Waals surface area contributed by atoms with E-state index in [1.807, 2.05) is 25.7 Å². The van der Waals surface area contributed by atoms with Gasteiger partial charge in [-0.2, -0.15) is 13.2 Å². The molecule has 0 bridgehead atoms. The summed E-state index contributed by atoms with van der Waals surface area (Å²) in [7, 11) is 1.66. The van der Waals surface area contributed by atoms with Crippen molar-refractivity contribution in [2.75, 3.05) is 33.4 Å². The van der Waals surface area contributed by atoms with Crippen LogP contribution in [0.5, 0.6) is 0 Å². The predicted molar refractivity (Wildman–Crippen MR) is 111 cm³/mol. The predicted octanol–water partition coefficient (Wildman–Crippen LogP) is 2.41. The molecule has 1 saturated carbocycles. The fourth-order valence-corrected chi connectivity index (χ4v) is 5.09. The second-order valence-electron chi connectivity index (χ2n) is 8.74. The maximum atomic E-state index is 13.2. The lowest BCUT2D eigenvalue weighted by molar-refractivity contribution is -0.192. The molecule has 1 saturated heterocycles. The van der Waals surface area contributed by atoms with Crippen LogP contribution in [-0.2, 0) is 20.9 Å². The summed E-state index contributed by atoms with van der Waals surface area (Å²) >= 11 is 0. The van der Waals surface area contributed by atoms with Gasteiger partial charge >= 0.3 is 12.1 Å². The highest BCUT2D eigenvalue weighted by atomic mass is 19.4. The smallest absolute Gasteiger partial charge is 0.475 e. The van der Waals surface area contributed by atoms with Gasteiger partial charge in [0.2, 0.25) is 0 Å².